The van der Waals surface area contributed by atoms with Crippen molar-refractivity contribution in [2.75, 3.05) is 67.7 Å². The molecule has 2 fully saturated rings. The molecule has 0 aliphatic carbocycles. The van der Waals surface area contributed by atoms with Crippen LogP contribution >= 0.6 is 0 Å². The molecule has 2 saturated heterocycles. The van der Waals surface area contributed by atoms with E-state index < -0.39 is 0 Å². The number of morpholine rings is 2. The summed E-state index contributed by atoms with van der Waals surface area (Å²) in [5.74, 6) is 0.0456. The first-order valence-corrected chi connectivity index (χ1v) is 10.8. The van der Waals surface area contributed by atoms with Crippen LogP contribution in [0, 0.1) is 6.92 Å². The normalized spacial score (nSPS) is 17.1. The molecule has 0 saturated carbocycles. The van der Waals surface area contributed by atoms with Gasteiger partial charge in [-0.2, -0.15) is 0 Å². The fraction of sp³-hybridized carbons (Fsp3) is 0.458. The average Bonchev–Trinajstić information content (AvgIpc) is 2.80. The Morgan fingerprint density at radius 2 is 1.53 bits per heavy atom. The third-order valence-corrected chi connectivity index (χ3v) is 5.74. The van der Waals surface area contributed by atoms with Crippen molar-refractivity contribution in [3.05, 3.63) is 53.6 Å². The number of aryl methyl sites for hydroxylation is 2. The number of carbonyl (C=O) groups excluding carboxylic acids is 1. The van der Waals surface area contributed by atoms with Gasteiger partial charge in [-0.1, -0.05) is 29.8 Å². The summed E-state index contributed by atoms with van der Waals surface area (Å²) in [5.41, 5.74) is 5.55. The maximum absolute atomic E-state index is 12.7. The van der Waals surface area contributed by atoms with E-state index >= 15 is 0 Å². The number of anilines is 3. The van der Waals surface area contributed by atoms with Crippen LogP contribution in [0.5, 0.6) is 0 Å². The standard InChI is InChI=1S/C24H31N3O3/c1-19-2-4-20(5-3-19)6-9-24(28)25-22-8-7-21(26-10-14-29-15-11-26)18-23(22)27-12-16-30-17-13-27/h2-5,7-8,18H,6,9-17H2,1H3,(H,25,28). The summed E-state index contributed by atoms with van der Waals surface area (Å²) in [6.07, 6.45) is 1.21. The van der Waals surface area contributed by atoms with Gasteiger partial charge in [0.2, 0.25) is 5.91 Å². The lowest BCUT2D eigenvalue weighted by Gasteiger charge is -2.33. The van der Waals surface area contributed by atoms with Gasteiger partial charge in [0.15, 0.2) is 0 Å². The Balaban J connectivity index is 1.47. The zero-order chi connectivity index (χ0) is 20.8. The van der Waals surface area contributed by atoms with Gasteiger partial charge in [0.05, 0.1) is 37.8 Å². The molecule has 1 N–H and O–H groups in total. The molecule has 2 aromatic rings. The number of rotatable bonds is 6. The summed E-state index contributed by atoms with van der Waals surface area (Å²) in [6, 6.07) is 14.7. The van der Waals surface area contributed by atoms with Crippen molar-refractivity contribution >= 4 is 23.0 Å². The van der Waals surface area contributed by atoms with Gasteiger partial charge in [-0.25, -0.2) is 0 Å². The number of carbonyl (C=O) groups is 1. The van der Waals surface area contributed by atoms with Crippen LogP contribution in [-0.2, 0) is 20.7 Å². The number of nitrogens with zero attached hydrogens (tertiary/aromatic N) is 2. The number of hydrogen-bond donors (Lipinski definition) is 1. The van der Waals surface area contributed by atoms with Crippen molar-refractivity contribution in [2.45, 2.75) is 19.8 Å². The van der Waals surface area contributed by atoms with E-state index in [1.165, 1.54) is 16.8 Å². The molecule has 2 aliphatic rings. The van der Waals surface area contributed by atoms with Crippen LogP contribution in [-0.4, -0.2) is 58.5 Å². The quantitative estimate of drug-likeness (QED) is 0.794. The first kappa shape index (κ1) is 20.7. The average molecular weight is 410 g/mol. The monoisotopic (exact) mass is 409 g/mol. The van der Waals surface area contributed by atoms with Crippen molar-refractivity contribution in [3.8, 4) is 0 Å². The molecule has 0 spiro atoms. The molecule has 0 atom stereocenters. The maximum Gasteiger partial charge on any atom is 0.224 e. The number of amides is 1. The molecule has 0 bridgehead atoms. The fourth-order valence-corrected chi connectivity index (χ4v) is 3.94. The highest BCUT2D eigenvalue weighted by molar-refractivity contribution is 5.95. The van der Waals surface area contributed by atoms with Gasteiger partial charge in [-0.15, -0.1) is 0 Å². The molecule has 160 valence electrons. The van der Waals surface area contributed by atoms with Crippen molar-refractivity contribution < 1.29 is 14.3 Å². The van der Waals surface area contributed by atoms with Gasteiger partial charge in [-0.05, 0) is 37.1 Å². The molecule has 0 aromatic heterocycles. The summed E-state index contributed by atoms with van der Waals surface area (Å²) in [7, 11) is 0. The Hall–Kier alpha value is -2.57. The lowest BCUT2D eigenvalue weighted by atomic mass is 10.1. The van der Waals surface area contributed by atoms with E-state index in [0.29, 0.717) is 19.6 Å². The topological polar surface area (TPSA) is 54.0 Å². The van der Waals surface area contributed by atoms with Crippen LogP contribution in [0.25, 0.3) is 0 Å². The predicted octanol–water partition coefficient (Wildman–Crippen LogP) is 3.24. The molecule has 2 heterocycles. The molecular formula is C24H31N3O3. The number of hydrogen-bond acceptors (Lipinski definition) is 5. The van der Waals surface area contributed by atoms with Gasteiger partial charge in [0.25, 0.3) is 0 Å². The third-order valence-electron chi connectivity index (χ3n) is 5.74. The van der Waals surface area contributed by atoms with Crippen molar-refractivity contribution in [1.29, 1.82) is 0 Å². The van der Waals surface area contributed by atoms with Crippen LogP contribution < -0.4 is 15.1 Å². The third kappa shape index (κ3) is 5.32. The molecule has 2 aliphatic heterocycles. The minimum atomic E-state index is 0.0456. The highest BCUT2D eigenvalue weighted by Gasteiger charge is 2.19. The van der Waals surface area contributed by atoms with E-state index in [1.54, 1.807) is 0 Å². The van der Waals surface area contributed by atoms with Gasteiger partial charge in [0, 0.05) is 38.3 Å². The lowest BCUT2D eigenvalue weighted by molar-refractivity contribution is -0.116. The van der Waals surface area contributed by atoms with Crippen LogP contribution in [0.4, 0.5) is 17.1 Å². The fourth-order valence-electron chi connectivity index (χ4n) is 3.94. The minimum Gasteiger partial charge on any atom is -0.378 e. The summed E-state index contributed by atoms with van der Waals surface area (Å²) in [5, 5.41) is 3.15. The Kier molecular flexibility index (Phi) is 6.87. The van der Waals surface area contributed by atoms with E-state index in [9.17, 15) is 4.79 Å². The Morgan fingerprint density at radius 3 is 2.20 bits per heavy atom. The van der Waals surface area contributed by atoms with E-state index in [-0.39, 0.29) is 5.91 Å². The second kappa shape index (κ2) is 9.96. The summed E-state index contributed by atoms with van der Waals surface area (Å²) >= 11 is 0. The first-order valence-electron chi connectivity index (χ1n) is 10.8. The molecule has 30 heavy (non-hydrogen) atoms. The van der Waals surface area contributed by atoms with Gasteiger partial charge >= 0.3 is 0 Å². The van der Waals surface area contributed by atoms with E-state index in [4.69, 9.17) is 9.47 Å². The number of benzene rings is 2. The highest BCUT2D eigenvalue weighted by Crippen LogP contribution is 2.32. The first-order chi connectivity index (χ1) is 14.7. The molecule has 1 amide bonds. The maximum atomic E-state index is 12.7. The summed E-state index contributed by atoms with van der Waals surface area (Å²) in [6.45, 7) is 8.46. The minimum absolute atomic E-state index is 0.0456. The van der Waals surface area contributed by atoms with E-state index in [2.05, 4.69) is 58.4 Å². The van der Waals surface area contributed by atoms with Crippen LogP contribution in [0.3, 0.4) is 0 Å². The molecule has 0 unspecified atom stereocenters. The van der Waals surface area contributed by atoms with Crippen molar-refractivity contribution in [1.82, 2.24) is 0 Å². The molecule has 2 aromatic carbocycles. The zero-order valence-electron chi connectivity index (χ0n) is 17.7. The second-order valence-electron chi connectivity index (χ2n) is 7.93. The predicted molar refractivity (Wildman–Crippen MR) is 121 cm³/mol. The Labute approximate surface area is 178 Å². The molecular weight excluding hydrogens is 378 g/mol. The largest absolute Gasteiger partial charge is 0.378 e. The Bertz CT molecular complexity index is 841. The summed E-state index contributed by atoms with van der Waals surface area (Å²) in [4.78, 5) is 17.3. The van der Waals surface area contributed by atoms with E-state index in [1.807, 2.05) is 6.07 Å². The highest BCUT2D eigenvalue weighted by atomic mass is 16.5. The van der Waals surface area contributed by atoms with E-state index in [0.717, 1.165) is 57.2 Å². The smallest absolute Gasteiger partial charge is 0.224 e. The zero-order valence-corrected chi connectivity index (χ0v) is 17.7. The number of ether oxygens (including phenoxy) is 2. The van der Waals surface area contributed by atoms with Gasteiger partial charge < -0.3 is 24.6 Å². The van der Waals surface area contributed by atoms with Crippen molar-refractivity contribution in [3.63, 3.8) is 0 Å². The van der Waals surface area contributed by atoms with Gasteiger partial charge in [0.1, 0.15) is 0 Å². The molecule has 6 heteroatoms. The second-order valence-corrected chi connectivity index (χ2v) is 7.93. The Morgan fingerprint density at radius 1 is 0.900 bits per heavy atom. The van der Waals surface area contributed by atoms with Crippen LogP contribution in [0.2, 0.25) is 0 Å². The van der Waals surface area contributed by atoms with Crippen LogP contribution in [0.1, 0.15) is 17.5 Å². The SMILES string of the molecule is Cc1ccc(CCC(=O)Nc2ccc(N3CCOCC3)cc2N2CCOCC2)cc1. The van der Waals surface area contributed by atoms with Crippen LogP contribution in [0.15, 0.2) is 42.5 Å². The molecule has 6 nitrogen and oxygen atoms in total. The van der Waals surface area contributed by atoms with Crippen molar-refractivity contribution in [2.24, 2.45) is 0 Å². The molecule has 4 rings (SSSR count). The lowest BCUT2D eigenvalue weighted by Crippen LogP contribution is -2.38. The summed E-state index contributed by atoms with van der Waals surface area (Å²) < 4.78 is 11.0. The number of nitrogens with one attached hydrogen (secondary N) is 1. The molecule has 0 radical (unpaired) electrons. The van der Waals surface area contributed by atoms with Gasteiger partial charge in [-0.3, -0.25) is 4.79 Å².